The van der Waals surface area contributed by atoms with Crippen LogP contribution in [0.3, 0.4) is 0 Å². The summed E-state index contributed by atoms with van der Waals surface area (Å²) in [7, 11) is 0.674. The maximum atomic E-state index is 12.4. The fourth-order valence-electron chi connectivity index (χ4n) is 3.09. The van der Waals surface area contributed by atoms with Crippen molar-refractivity contribution in [2.24, 2.45) is 10.9 Å². The SMILES string of the molecule is O=BC=NC(C(=O)N1CCCC1)C1CCCCC1. The normalized spacial score (nSPS) is 23.2. The van der Waals surface area contributed by atoms with Gasteiger partial charge in [0.2, 0.25) is 0 Å². The van der Waals surface area contributed by atoms with E-state index in [4.69, 9.17) is 0 Å². The van der Waals surface area contributed by atoms with Crippen LogP contribution < -0.4 is 0 Å². The molecule has 2 fully saturated rings. The molecule has 1 saturated carbocycles. The summed E-state index contributed by atoms with van der Waals surface area (Å²) in [5.41, 5.74) is 0. The molecule has 1 saturated heterocycles. The third-order valence-corrected chi connectivity index (χ3v) is 4.07. The van der Waals surface area contributed by atoms with Gasteiger partial charge in [-0.1, -0.05) is 0 Å². The molecular formula is C13H21BN2O2. The Hall–Kier alpha value is -0.995. The fourth-order valence-corrected chi connectivity index (χ4v) is 3.09. The van der Waals surface area contributed by atoms with Crippen molar-refractivity contribution in [2.75, 3.05) is 13.1 Å². The van der Waals surface area contributed by atoms with Crippen LogP contribution in [0.15, 0.2) is 4.99 Å². The van der Waals surface area contributed by atoms with E-state index in [1.165, 1.54) is 25.4 Å². The van der Waals surface area contributed by atoms with Gasteiger partial charge in [-0.2, -0.15) is 0 Å². The van der Waals surface area contributed by atoms with E-state index in [-0.39, 0.29) is 11.9 Å². The molecule has 1 amide bonds. The van der Waals surface area contributed by atoms with E-state index in [1.54, 1.807) is 0 Å². The van der Waals surface area contributed by atoms with Gasteiger partial charge in [-0.3, -0.25) is 0 Å². The summed E-state index contributed by atoms with van der Waals surface area (Å²) in [6.07, 6.45) is 9.23. The molecule has 98 valence electrons. The first-order valence-electron chi connectivity index (χ1n) is 7.08. The Kier molecular flexibility index (Phi) is 5.08. The number of carbonyl (C=O) groups is 1. The second kappa shape index (κ2) is 6.81. The molecule has 4 nitrogen and oxygen atoms in total. The van der Waals surface area contributed by atoms with Crippen LogP contribution in [0, 0.1) is 5.92 Å². The Morgan fingerprint density at radius 2 is 1.83 bits per heavy atom. The number of nitrogens with zero attached hydrogens (tertiary/aromatic N) is 2. The Balaban J connectivity index is 2.04. The standard InChI is InChI=1S/C13H21BN2O2/c17-13(16-8-4-5-9-16)12(15-10-14-18)11-6-2-1-3-7-11/h10-12H,1-9H2. The Morgan fingerprint density at radius 3 is 2.44 bits per heavy atom. The Bertz CT molecular complexity index is 321. The summed E-state index contributed by atoms with van der Waals surface area (Å²) in [6, 6.07) is -0.311. The zero-order valence-electron chi connectivity index (χ0n) is 10.9. The number of rotatable bonds is 4. The summed E-state index contributed by atoms with van der Waals surface area (Å²) in [4.78, 5) is 18.6. The number of hydrogen-bond acceptors (Lipinski definition) is 3. The Labute approximate surface area is 109 Å². The molecule has 0 bridgehead atoms. The van der Waals surface area contributed by atoms with Crippen molar-refractivity contribution in [1.82, 2.24) is 4.90 Å². The molecule has 18 heavy (non-hydrogen) atoms. The number of carbonyl (C=O) groups excluding carboxylic acids is 1. The van der Waals surface area contributed by atoms with Gasteiger partial charge in [0.15, 0.2) is 0 Å². The van der Waals surface area contributed by atoms with Crippen LogP contribution in [0.4, 0.5) is 0 Å². The summed E-state index contributed by atoms with van der Waals surface area (Å²) in [5.74, 6) is 0.473. The minimum absolute atomic E-state index is 0.137. The third kappa shape index (κ3) is 3.27. The number of hydrogen-bond donors (Lipinski definition) is 0. The molecule has 5 heteroatoms. The number of likely N-dealkylation sites (tertiary alicyclic amines) is 1. The van der Waals surface area contributed by atoms with E-state index < -0.39 is 0 Å². The van der Waals surface area contributed by atoms with Crippen molar-refractivity contribution in [3.05, 3.63) is 0 Å². The molecule has 0 aromatic rings. The van der Waals surface area contributed by atoms with Gasteiger partial charge in [0.05, 0.1) is 0 Å². The molecule has 1 atom stereocenters. The predicted molar refractivity (Wildman–Crippen MR) is 71.1 cm³/mol. The first-order chi connectivity index (χ1) is 8.83. The molecule has 0 N–H and O–H groups in total. The molecule has 1 aliphatic heterocycles. The molecule has 1 aliphatic carbocycles. The zero-order valence-corrected chi connectivity index (χ0v) is 10.9. The molecule has 1 heterocycles. The summed E-state index contributed by atoms with van der Waals surface area (Å²) in [5, 5.41) is 0. The van der Waals surface area contributed by atoms with Crippen LogP contribution in [-0.4, -0.2) is 43.2 Å². The van der Waals surface area contributed by atoms with Gasteiger partial charge < -0.3 is 0 Å². The molecule has 0 radical (unpaired) electrons. The van der Waals surface area contributed by atoms with Crippen molar-refractivity contribution >= 4 is 19.2 Å². The van der Waals surface area contributed by atoms with E-state index >= 15 is 0 Å². The zero-order chi connectivity index (χ0) is 12.8. The number of amides is 1. The first-order valence-corrected chi connectivity index (χ1v) is 7.08. The second-order valence-electron chi connectivity index (χ2n) is 5.31. The topological polar surface area (TPSA) is 49.7 Å². The minimum atomic E-state index is -0.311. The predicted octanol–water partition coefficient (Wildman–Crippen LogP) is 1.64. The second-order valence-corrected chi connectivity index (χ2v) is 5.31. The van der Waals surface area contributed by atoms with Crippen molar-refractivity contribution < 1.29 is 9.50 Å². The van der Waals surface area contributed by atoms with Gasteiger partial charge in [0.1, 0.15) is 0 Å². The molecule has 2 aliphatic rings. The number of aliphatic imine (C=N–C) groups is 1. The summed E-state index contributed by atoms with van der Waals surface area (Å²) < 4.78 is 10.5. The van der Waals surface area contributed by atoms with Crippen LogP contribution >= 0.6 is 0 Å². The van der Waals surface area contributed by atoms with Crippen LogP contribution in [0.1, 0.15) is 44.9 Å². The van der Waals surface area contributed by atoms with E-state index in [2.05, 4.69) is 4.99 Å². The van der Waals surface area contributed by atoms with Gasteiger partial charge in [0, 0.05) is 0 Å². The summed E-state index contributed by atoms with van der Waals surface area (Å²) >= 11 is 0. The molecule has 0 aromatic carbocycles. The van der Waals surface area contributed by atoms with Gasteiger partial charge in [-0.15, -0.1) is 0 Å². The molecule has 0 aromatic heterocycles. The Morgan fingerprint density at radius 1 is 1.17 bits per heavy atom. The molecule has 0 spiro atoms. The van der Waals surface area contributed by atoms with Crippen molar-refractivity contribution in [2.45, 2.75) is 51.0 Å². The van der Waals surface area contributed by atoms with Crippen LogP contribution in [0.2, 0.25) is 0 Å². The van der Waals surface area contributed by atoms with Gasteiger partial charge >= 0.3 is 109 Å². The van der Waals surface area contributed by atoms with E-state index in [0.29, 0.717) is 13.1 Å². The monoisotopic (exact) mass is 248 g/mol. The van der Waals surface area contributed by atoms with Crippen molar-refractivity contribution in [3.63, 3.8) is 0 Å². The average molecular weight is 248 g/mol. The van der Waals surface area contributed by atoms with Crippen LogP contribution in [-0.2, 0) is 9.50 Å². The quantitative estimate of drug-likeness (QED) is 0.561. The van der Waals surface area contributed by atoms with Gasteiger partial charge in [0.25, 0.3) is 0 Å². The van der Waals surface area contributed by atoms with E-state index in [9.17, 15) is 9.50 Å². The van der Waals surface area contributed by atoms with Crippen molar-refractivity contribution in [1.29, 1.82) is 0 Å². The fraction of sp³-hybridized carbons (Fsp3) is 0.846. The molecular weight excluding hydrogens is 227 g/mol. The van der Waals surface area contributed by atoms with Gasteiger partial charge in [-0.05, 0) is 0 Å². The maximum absolute atomic E-state index is 12.4. The molecule has 1 unspecified atom stereocenters. The molecule has 2 rings (SSSR count). The van der Waals surface area contributed by atoms with Crippen molar-refractivity contribution in [3.8, 4) is 0 Å². The average Bonchev–Trinajstić information content (AvgIpc) is 2.94. The van der Waals surface area contributed by atoms with Gasteiger partial charge in [-0.25, -0.2) is 0 Å². The third-order valence-electron chi connectivity index (χ3n) is 4.07. The summed E-state index contributed by atoms with van der Waals surface area (Å²) in [6.45, 7) is 1.72. The first kappa shape index (κ1) is 13.4. The van der Waals surface area contributed by atoms with Crippen LogP contribution in [0.25, 0.3) is 0 Å². The van der Waals surface area contributed by atoms with E-state index in [0.717, 1.165) is 38.8 Å². The van der Waals surface area contributed by atoms with Crippen LogP contribution in [0.5, 0.6) is 0 Å². The van der Waals surface area contributed by atoms with E-state index in [1.807, 2.05) is 4.90 Å².